The Morgan fingerprint density at radius 2 is 1.93 bits per heavy atom. The highest BCUT2D eigenvalue weighted by Crippen LogP contribution is 2.06. The van der Waals surface area contributed by atoms with Crippen molar-refractivity contribution < 1.29 is 0 Å². The molecule has 0 spiro atoms. The molecule has 0 aliphatic carbocycles. The Bertz CT molecular complexity index is 335. The standard InChI is InChI=1S/C15H19/c1-4-6-14-9-11-15(12-10-14)8-7-13(3)5-2/h9-13H,2,4-6H2,1,3H3. The van der Waals surface area contributed by atoms with Crippen LogP contribution >= 0.6 is 0 Å². The molecule has 15 heavy (non-hydrogen) atoms. The Kier molecular flexibility index (Phi) is 4.98. The lowest BCUT2D eigenvalue weighted by Gasteiger charge is -1.98. The highest BCUT2D eigenvalue weighted by molar-refractivity contribution is 5.36. The SMILES string of the molecule is [CH2]CC(C)C#Cc1ccc(CCC)cc1. The van der Waals surface area contributed by atoms with E-state index in [9.17, 15) is 0 Å². The number of rotatable bonds is 3. The van der Waals surface area contributed by atoms with Gasteiger partial charge in [0.05, 0.1) is 0 Å². The molecule has 1 unspecified atom stereocenters. The second-order valence-electron chi connectivity index (χ2n) is 3.91. The number of aryl methyl sites for hydroxylation is 1. The molecule has 1 rings (SSSR count). The molecule has 0 aliphatic rings. The van der Waals surface area contributed by atoms with E-state index in [-0.39, 0.29) is 0 Å². The highest BCUT2D eigenvalue weighted by atomic mass is 14.0. The number of hydrogen-bond acceptors (Lipinski definition) is 0. The van der Waals surface area contributed by atoms with Gasteiger partial charge in [0, 0.05) is 11.5 Å². The Morgan fingerprint density at radius 1 is 1.27 bits per heavy atom. The second kappa shape index (κ2) is 6.30. The first-order chi connectivity index (χ1) is 7.26. The summed E-state index contributed by atoms with van der Waals surface area (Å²) in [6, 6.07) is 8.55. The van der Waals surface area contributed by atoms with Crippen LogP contribution in [0.1, 0.15) is 37.8 Å². The van der Waals surface area contributed by atoms with Crippen LogP contribution in [-0.2, 0) is 6.42 Å². The minimum Gasteiger partial charge on any atom is -0.0948 e. The molecule has 79 valence electrons. The Morgan fingerprint density at radius 3 is 2.47 bits per heavy atom. The Labute approximate surface area is 93.7 Å². The van der Waals surface area contributed by atoms with Crippen molar-refractivity contribution in [2.75, 3.05) is 0 Å². The third-order valence-corrected chi connectivity index (χ3v) is 2.39. The summed E-state index contributed by atoms with van der Waals surface area (Å²) in [5, 5.41) is 0. The molecule has 1 atom stereocenters. The lowest BCUT2D eigenvalue weighted by molar-refractivity contribution is 0.770. The van der Waals surface area contributed by atoms with Gasteiger partial charge < -0.3 is 0 Å². The van der Waals surface area contributed by atoms with Crippen LogP contribution in [0.5, 0.6) is 0 Å². The minimum absolute atomic E-state index is 0.389. The summed E-state index contributed by atoms with van der Waals surface area (Å²) in [4.78, 5) is 0. The molecule has 0 aliphatic heterocycles. The average Bonchev–Trinajstić information content (AvgIpc) is 2.28. The monoisotopic (exact) mass is 199 g/mol. The van der Waals surface area contributed by atoms with Crippen LogP contribution in [0.2, 0.25) is 0 Å². The van der Waals surface area contributed by atoms with E-state index in [0.717, 1.165) is 18.4 Å². The van der Waals surface area contributed by atoms with Crippen molar-refractivity contribution in [2.24, 2.45) is 5.92 Å². The number of benzene rings is 1. The summed E-state index contributed by atoms with van der Waals surface area (Å²) >= 11 is 0. The van der Waals surface area contributed by atoms with Crippen molar-refractivity contribution in [3.8, 4) is 11.8 Å². The van der Waals surface area contributed by atoms with Gasteiger partial charge in [-0.15, -0.1) is 0 Å². The van der Waals surface area contributed by atoms with Crippen LogP contribution in [0.15, 0.2) is 24.3 Å². The molecule has 0 bridgehead atoms. The first kappa shape index (κ1) is 11.9. The van der Waals surface area contributed by atoms with Gasteiger partial charge in [-0.1, -0.05) is 51.2 Å². The summed E-state index contributed by atoms with van der Waals surface area (Å²) < 4.78 is 0. The van der Waals surface area contributed by atoms with Gasteiger partial charge in [-0.2, -0.15) is 0 Å². The van der Waals surface area contributed by atoms with E-state index in [2.05, 4.69) is 56.9 Å². The van der Waals surface area contributed by atoms with E-state index in [1.807, 2.05) is 0 Å². The van der Waals surface area contributed by atoms with E-state index in [1.165, 1.54) is 12.0 Å². The van der Waals surface area contributed by atoms with Gasteiger partial charge in [-0.05, 0) is 30.5 Å². The molecule has 0 aromatic heterocycles. The van der Waals surface area contributed by atoms with Gasteiger partial charge in [-0.25, -0.2) is 0 Å². The fraction of sp³-hybridized carbons (Fsp3) is 0.400. The van der Waals surface area contributed by atoms with Crippen LogP contribution in [0.25, 0.3) is 0 Å². The maximum Gasteiger partial charge on any atom is 0.0245 e. The predicted octanol–water partition coefficient (Wildman–Crippen LogP) is 3.85. The summed E-state index contributed by atoms with van der Waals surface area (Å²) in [7, 11) is 0. The third kappa shape index (κ3) is 4.21. The first-order valence-corrected chi connectivity index (χ1v) is 5.66. The van der Waals surface area contributed by atoms with E-state index in [0.29, 0.717) is 5.92 Å². The molecular weight excluding hydrogens is 180 g/mol. The molecule has 0 heterocycles. The lowest BCUT2D eigenvalue weighted by Crippen LogP contribution is -1.86. The fourth-order valence-electron chi connectivity index (χ4n) is 1.32. The van der Waals surface area contributed by atoms with Gasteiger partial charge in [-0.3, -0.25) is 0 Å². The van der Waals surface area contributed by atoms with Gasteiger partial charge in [0.15, 0.2) is 0 Å². The smallest absolute Gasteiger partial charge is 0.0245 e. The molecule has 1 aromatic rings. The summed E-state index contributed by atoms with van der Waals surface area (Å²) in [6.07, 6.45) is 3.23. The van der Waals surface area contributed by atoms with Crippen LogP contribution in [-0.4, -0.2) is 0 Å². The molecule has 0 saturated carbocycles. The van der Waals surface area contributed by atoms with Crippen LogP contribution in [0.3, 0.4) is 0 Å². The van der Waals surface area contributed by atoms with Crippen molar-refractivity contribution in [2.45, 2.75) is 33.1 Å². The molecule has 1 aromatic carbocycles. The molecule has 0 saturated heterocycles. The zero-order valence-corrected chi connectivity index (χ0v) is 9.72. The zero-order valence-electron chi connectivity index (χ0n) is 9.72. The van der Waals surface area contributed by atoms with Gasteiger partial charge in [0.2, 0.25) is 0 Å². The summed E-state index contributed by atoms with van der Waals surface area (Å²) in [5.74, 6) is 6.75. The molecule has 0 fully saturated rings. The van der Waals surface area contributed by atoms with E-state index < -0.39 is 0 Å². The van der Waals surface area contributed by atoms with Crippen LogP contribution in [0.4, 0.5) is 0 Å². The second-order valence-corrected chi connectivity index (χ2v) is 3.91. The van der Waals surface area contributed by atoms with E-state index in [1.54, 1.807) is 0 Å². The molecule has 0 N–H and O–H groups in total. The van der Waals surface area contributed by atoms with Gasteiger partial charge in [0.25, 0.3) is 0 Å². The van der Waals surface area contributed by atoms with Crippen molar-refractivity contribution in [3.63, 3.8) is 0 Å². The van der Waals surface area contributed by atoms with Crippen molar-refractivity contribution in [1.82, 2.24) is 0 Å². The quantitative estimate of drug-likeness (QED) is 0.649. The number of hydrogen-bond donors (Lipinski definition) is 0. The lowest BCUT2D eigenvalue weighted by atomic mass is 10.1. The largest absolute Gasteiger partial charge is 0.0948 e. The molecule has 0 amide bonds. The van der Waals surface area contributed by atoms with E-state index >= 15 is 0 Å². The maximum absolute atomic E-state index is 3.83. The predicted molar refractivity (Wildman–Crippen MR) is 66.5 cm³/mol. The van der Waals surface area contributed by atoms with Crippen molar-refractivity contribution in [3.05, 3.63) is 42.3 Å². The summed E-state index contributed by atoms with van der Waals surface area (Å²) in [6.45, 7) is 8.13. The topological polar surface area (TPSA) is 0 Å². The van der Waals surface area contributed by atoms with Gasteiger partial charge in [0.1, 0.15) is 0 Å². The minimum atomic E-state index is 0.389. The van der Waals surface area contributed by atoms with Crippen LogP contribution < -0.4 is 0 Å². The third-order valence-electron chi connectivity index (χ3n) is 2.39. The molecule has 0 nitrogen and oxygen atoms in total. The van der Waals surface area contributed by atoms with Crippen LogP contribution in [0, 0.1) is 24.7 Å². The molecular formula is C15H19. The van der Waals surface area contributed by atoms with E-state index in [4.69, 9.17) is 0 Å². The first-order valence-electron chi connectivity index (χ1n) is 5.66. The van der Waals surface area contributed by atoms with Crippen molar-refractivity contribution in [1.29, 1.82) is 0 Å². The fourth-order valence-corrected chi connectivity index (χ4v) is 1.32. The zero-order chi connectivity index (χ0) is 11.1. The molecule has 1 radical (unpaired) electrons. The summed E-state index contributed by atoms with van der Waals surface area (Å²) in [5.41, 5.74) is 2.50. The van der Waals surface area contributed by atoms with Crippen molar-refractivity contribution >= 4 is 0 Å². The highest BCUT2D eigenvalue weighted by Gasteiger charge is 1.92. The maximum atomic E-state index is 3.83. The Hall–Kier alpha value is -1.22. The average molecular weight is 199 g/mol. The molecule has 0 heteroatoms. The van der Waals surface area contributed by atoms with Gasteiger partial charge >= 0.3 is 0 Å². The normalized spacial score (nSPS) is 11.7. The Balaban J connectivity index is 2.66.